The van der Waals surface area contributed by atoms with Crippen molar-refractivity contribution in [2.24, 2.45) is 0 Å². The highest BCUT2D eigenvalue weighted by molar-refractivity contribution is 7.98. The highest BCUT2D eigenvalue weighted by Crippen LogP contribution is 2.46. The molecule has 1 saturated heterocycles. The smallest absolute Gasteiger partial charge is 0.417 e. The van der Waals surface area contributed by atoms with Gasteiger partial charge in [-0.25, -0.2) is 19.2 Å². The number of fused-ring (bicyclic) bond motifs is 3. The van der Waals surface area contributed by atoms with Crippen LogP contribution in [0.2, 0.25) is 23.2 Å². The van der Waals surface area contributed by atoms with Gasteiger partial charge < -0.3 is 18.6 Å². The maximum Gasteiger partial charge on any atom is 0.417 e. The fraction of sp³-hybridized carbons (Fsp3) is 0.541. The summed E-state index contributed by atoms with van der Waals surface area (Å²) in [4.78, 5) is 24.5. The number of imidazole rings is 1. The number of hydrogen-bond acceptors (Lipinski definition) is 6. The van der Waals surface area contributed by atoms with E-state index in [2.05, 4.69) is 38.8 Å². The first kappa shape index (κ1) is 39.3. The molecule has 2 aromatic heterocycles. The van der Waals surface area contributed by atoms with Crippen LogP contribution in [0, 0.1) is 12.7 Å². The largest absolute Gasteiger partial charge is 0.444 e. The Balaban J connectivity index is 1.60. The Kier molecular flexibility index (Phi) is 10.9. The summed E-state index contributed by atoms with van der Waals surface area (Å²) < 4.78 is 73.8. The molecule has 1 aliphatic rings. The number of aryl methyl sites for hydroxylation is 1. The van der Waals surface area contributed by atoms with Gasteiger partial charge in [-0.3, -0.25) is 0 Å². The van der Waals surface area contributed by atoms with Crippen molar-refractivity contribution in [3.05, 3.63) is 52.6 Å². The molecule has 0 spiro atoms. The minimum absolute atomic E-state index is 0.0246. The van der Waals surface area contributed by atoms with Gasteiger partial charge in [0.2, 0.25) is 0 Å². The molecule has 14 heteroatoms. The third kappa shape index (κ3) is 7.91. The average Bonchev–Trinajstić information content (AvgIpc) is 3.44. The maximum atomic E-state index is 16.7. The van der Waals surface area contributed by atoms with Crippen LogP contribution in [0.25, 0.3) is 33.1 Å². The van der Waals surface area contributed by atoms with Gasteiger partial charge in [0.1, 0.15) is 21.7 Å². The number of rotatable bonds is 7. The molecule has 4 aromatic rings. The van der Waals surface area contributed by atoms with Gasteiger partial charge in [0.25, 0.3) is 0 Å². The van der Waals surface area contributed by atoms with Crippen molar-refractivity contribution in [1.29, 1.82) is 0 Å². The zero-order chi connectivity index (χ0) is 37.8. The summed E-state index contributed by atoms with van der Waals surface area (Å²) in [5.74, 6) is -0.932. The first-order valence-electron chi connectivity index (χ1n) is 17.1. The van der Waals surface area contributed by atoms with Gasteiger partial charge in [-0.05, 0) is 88.5 Å². The summed E-state index contributed by atoms with van der Waals surface area (Å²) in [5.41, 5.74) is -1.30. The van der Waals surface area contributed by atoms with Gasteiger partial charge in [-0.15, -0.1) is 11.8 Å². The summed E-state index contributed by atoms with van der Waals surface area (Å²) in [7, 11) is -2.05. The van der Waals surface area contributed by atoms with Crippen LogP contribution in [-0.4, -0.2) is 64.9 Å². The molecule has 51 heavy (non-hydrogen) atoms. The van der Waals surface area contributed by atoms with Crippen molar-refractivity contribution >= 4 is 59.7 Å². The number of carbonyl (C=O) groups is 1. The second kappa shape index (κ2) is 14.2. The van der Waals surface area contributed by atoms with Crippen LogP contribution >= 0.6 is 23.4 Å². The second-order valence-corrected chi connectivity index (χ2v) is 21.8. The molecule has 0 aliphatic carbocycles. The monoisotopic (exact) mass is 766 g/mol. The minimum atomic E-state index is -4.73. The fourth-order valence-electron chi connectivity index (χ4n) is 6.54. The quantitative estimate of drug-likeness (QED) is 0.106. The summed E-state index contributed by atoms with van der Waals surface area (Å²) in [6.45, 7) is 18.7. The highest BCUT2D eigenvalue weighted by atomic mass is 35.5. The number of halogens is 5. The number of alkyl halides is 3. The normalized spacial score (nSPS) is 17.8. The van der Waals surface area contributed by atoms with Crippen LogP contribution < -0.4 is 0 Å². The molecule has 2 atom stereocenters. The van der Waals surface area contributed by atoms with Gasteiger partial charge in [0.15, 0.2) is 14.1 Å². The van der Waals surface area contributed by atoms with Gasteiger partial charge >= 0.3 is 12.3 Å². The summed E-state index contributed by atoms with van der Waals surface area (Å²) in [5, 5.41) is 0.648. The van der Waals surface area contributed by atoms with Crippen molar-refractivity contribution in [2.45, 2.75) is 115 Å². The molecular weight excluding hydrogens is 720 g/mol. The van der Waals surface area contributed by atoms with E-state index in [1.54, 1.807) is 17.5 Å². The molecule has 1 amide bonds. The Bertz CT molecular complexity index is 1960. The zero-order valence-electron chi connectivity index (χ0n) is 30.9. The van der Waals surface area contributed by atoms with Gasteiger partial charge in [-0.2, -0.15) is 13.2 Å². The maximum absolute atomic E-state index is 16.7. The van der Waals surface area contributed by atoms with Crippen LogP contribution in [-0.2, 0) is 15.3 Å². The standard InChI is InChI=1S/C37H47ClF4N4O3SSi/c1-21-12-11-13-24(28(21)37(40,41)42)27-26(38)19-25-30(29(27)39)44-33(50-8)31-32(25)46(20-43-31)22-14-16-45(34(47)49-35(2,3)4)23(18-22)15-17-48-51(9,10)36(5,6)7/h11-13,19-20,22-23H,14-18H2,1-10H3/t22-,23+/m0/s1. The Morgan fingerprint density at radius 3 is 2.41 bits per heavy atom. The van der Waals surface area contributed by atoms with E-state index in [-0.39, 0.29) is 50.4 Å². The Morgan fingerprint density at radius 1 is 1.12 bits per heavy atom. The number of likely N-dealkylation sites (tertiary alicyclic amines) is 1. The van der Waals surface area contributed by atoms with Crippen molar-refractivity contribution in [3.63, 3.8) is 0 Å². The van der Waals surface area contributed by atoms with E-state index in [9.17, 15) is 18.0 Å². The molecule has 1 fully saturated rings. The molecule has 7 nitrogen and oxygen atoms in total. The molecule has 0 N–H and O–H groups in total. The SMILES string of the molecule is CSc1nc2c(F)c(-c3cccc(C)c3C(F)(F)F)c(Cl)cc2c2c1ncn2[C@H]1CCN(C(=O)OC(C)(C)C)[C@H](CCO[Si](C)(C)C(C)(C)C)C1. The van der Waals surface area contributed by atoms with E-state index in [0.717, 1.165) is 0 Å². The number of ether oxygens (including phenoxy) is 1. The number of carbonyl (C=O) groups excluding carboxylic acids is 1. The Morgan fingerprint density at radius 2 is 1.80 bits per heavy atom. The number of amides is 1. The van der Waals surface area contributed by atoms with Crippen LogP contribution in [0.1, 0.15) is 78.0 Å². The zero-order valence-corrected chi connectivity index (χ0v) is 33.5. The van der Waals surface area contributed by atoms with Crippen molar-refractivity contribution in [2.75, 3.05) is 19.4 Å². The van der Waals surface area contributed by atoms with E-state index in [0.29, 0.717) is 53.9 Å². The lowest BCUT2D eigenvalue weighted by atomic mass is 9.93. The first-order valence-corrected chi connectivity index (χ1v) is 21.6. The highest BCUT2D eigenvalue weighted by Gasteiger charge is 2.40. The third-order valence-corrected chi connectivity index (χ3v) is 15.6. The minimum Gasteiger partial charge on any atom is -0.444 e. The average molecular weight is 767 g/mol. The number of thioether (sulfide) groups is 1. The third-order valence-electron chi connectivity index (χ3n) is 10.1. The molecule has 0 bridgehead atoms. The van der Waals surface area contributed by atoms with Crippen molar-refractivity contribution < 1.29 is 31.5 Å². The van der Waals surface area contributed by atoms with E-state index >= 15 is 4.39 Å². The molecule has 0 radical (unpaired) electrons. The molecule has 5 rings (SSSR count). The molecule has 1 aliphatic heterocycles. The number of pyridine rings is 1. The summed E-state index contributed by atoms with van der Waals surface area (Å²) in [6.07, 6.45) is 0.0860. The molecule has 0 unspecified atom stereocenters. The molecule has 2 aromatic carbocycles. The van der Waals surface area contributed by atoms with Crippen LogP contribution in [0.3, 0.4) is 0 Å². The predicted molar refractivity (Wildman–Crippen MR) is 200 cm³/mol. The van der Waals surface area contributed by atoms with E-state index in [1.807, 2.05) is 25.3 Å². The number of benzene rings is 2. The fourth-order valence-corrected chi connectivity index (χ4v) is 8.42. The van der Waals surface area contributed by atoms with Crippen LogP contribution in [0.4, 0.5) is 22.4 Å². The second-order valence-electron chi connectivity index (χ2n) is 15.8. The van der Waals surface area contributed by atoms with Crippen LogP contribution in [0.15, 0.2) is 35.6 Å². The van der Waals surface area contributed by atoms with E-state index < -0.39 is 31.5 Å². The van der Waals surface area contributed by atoms with Crippen molar-refractivity contribution in [3.8, 4) is 11.1 Å². The van der Waals surface area contributed by atoms with Gasteiger partial charge in [0.05, 0.1) is 22.4 Å². The number of nitrogens with zero attached hydrogens (tertiary/aromatic N) is 4. The lowest BCUT2D eigenvalue weighted by molar-refractivity contribution is -0.137. The molecule has 3 heterocycles. The van der Waals surface area contributed by atoms with Crippen molar-refractivity contribution in [1.82, 2.24) is 19.4 Å². The summed E-state index contributed by atoms with van der Waals surface area (Å²) in [6, 6.07) is 5.15. The molecule has 278 valence electrons. The van der Waals surface area contributed by atoms with Crippen LogP contribution in [0.5, 0.6) is 0 Å². The Hall–Kier alpha value is -2.87. The Labute approximate surface area is 307 Å². The molecular formula is C37H47ClF4N4O3SSi. The lowest BCUT2D eigenvalue weighted by Gasteiger charge is -2.41. The number of hydrogen-bond donors (Lipinski definition) is 0. The van der Waals surface area contributed by atoms with E-state index in [1.165, 1.54) is 43.0 Å². The number of aromatic nitrogens is 3. The predicted octanol–water partition coefficient (Wildman–Crippen LogP) is 11.4. The van der Waals surface area contributed by atoms with Gasteiger partial charge in [-0.1, -0.05) is 50.6 Å². The molecule has 0 saturated carbocycles. The topological polar surface area (TPSA) is 69.5 Å². The lowest BCUT2D eigenvalue weighted by Crippen LogP contribution is -2.49. The summed E-state index contributed by atoms with van der Waals surface area (Å²) >= 11 is 7.99. The van der Waals surface area contributed by atoms with Gasteiger partial charge in [0, 0.05) is 36.2 Å². The van der Waals surface area contributed by atoms with E-state index in [4.69, 9.17) is 25.7 Å². The number of piperidine rings is 1. The first-order chi connectivity index (χ1) is 23.6.